The van der Waals surface area contributed by atoms with Crippen molar-refractivity contribution in [2.75, 3.05) is 13.2 Å². The molecule has 5 unspecified atom stereocenters. The van der Waals surface area contributed by atoms with E-state index in [1.54, 1.807) is 0 Å². The van der Waals surface area contributed by atoms with E-state index < -0.39 is 30.6 Å². The molecule has 0 aliphatic carbocycles. The number of aliphatic hydroxyl groups is 3. The van der Waals surface area contributed by atoms with Crippen molar-refractivity contribution in [3.05, 3.63) is 0 Å². The van der Waals surface area contributed by atoms with Crippen LogP contribution in [0.25, 0.3) is 0 Å². The lowest BCUT2D eigenvalue weighted by Crippen LogP contribution is -2.62. The Balaban J connectivity index is 2.47. The van der Waals surface area contributed by atoms with Crippen molar-refractivity contribution in [3.8, 4) is 0 Å². The van der Waals surface area contributed by atoms with Crippen LogP contribution in [0.3, 0.4) is 0 Å². The lowest BCUT2D eigenvalue weighted by atomic mass is 9.98. The van der Waals surface area contributed by atoms with Crippen molar-refractivity contribution < 1.29 is 24.8 Å². The molecule has 0 amide bonds. The van der Waals surface area contributed by atoms with E-state index in [0.717, 1.165) is 6.42 Å². The smallest absolute Gasteiger partial charge is 0.175 e. The first-order chi connectivity index (χ1) is 7.97. The normalized spacial score (nSPS) is 38.6. The van der Waals surface area contributed by atoms with Crippen molar-refractivity contribution in [2.45, 2.75) is 50.9 Å². The molecule has 0 aromatic heterocycles. The van der Waals surface area contributed by atoms with Crippen LogP contribution in [0.1, 0.15) is 20.3 Å². The van der Waals surface area contributed by atoms with Gasteiger partial charge < -0.3 is 30.5 Å². The molecule has 6 heteroatoms. The first-order valence-corrected chi connectivity index (χ1v) is 5.97. The maximum atomic E-state index is 9.68. The molecular weight excluding hydrogens is 226 g/mol. The Morgan fingerprint density at radius 3 is 2.47 bits per heavy atom. The molecule has 1 aliphatic rings. The van der Waals surface area contributed by atoms with Gasteiger partial charge in [0.2, 0.25) is 0 Å². The zero-order valence-electron chi connectivity index (χ0n) is 10.3. The average Bonchev–Trinajstić information content (AvgIpc) is 2.29. The summed E-state index contributed by atoms with van der Waals surface area (Å²) in [5.41, 5.74) is 5.71. The molecule has 1 aliphatic heterocycles. The van der Waals surface area contributed by atoms with Crippen molar-refractivity contribution in [3.63, 3.8) is 0 Å². The number of hydrogen-bond acceptors (Lipinski definition) is 6. The number of ether oxygens (including phenoxy) is 2. The summed E-state index contributed by atoms with van der Waals surface area (Å²) in [6.45, 7) is 4.23. The van der Waals surface area contributed by atoms with Crippen LogP contribution in [0.4, 0.5) is 0 Å². The van der Waals surface area contributed by atoms with Gasteiger partial charge in [0.1, 0.15) is 18.3 Å². The molecule has 6 nitrogen and oxygen atoms in total. The van der Waals surface area contributed by atoms with Gasteiger partial charge in [0.05, 0.1) is 19.3 Å². The summed E-state index contributed by atoms with van der Waals surface area (Å²) in [6.07, 6.45) is -3.11. The fraction of sp³-hybridized carbons (Fsp3) is 1.00. The molecule has 102 valence electrons. The van der Waals surface area contributed by atoms with E-state index in [0.29, 0.717) is 12.5 Å². The minimum absolute atomic E-state index is 0.380. The molecule has 5 atom stereocenters. The molecule has 0 bridgehead atoms. The highest BCUT2D eigenvalue weighted by Gasteiger charge is 2.42. The van der Waals surface area contributed by atoms with Gasteiger partial charge in [-0.2, -0.15) is 0 Å². The molecule has 0 saturated carbocycles. The third-order valence-electron chi connectivity index (χ3n) is 2.91. The highest BCUT2D eigenvalue weighted by Crippen LogP contribution is 2.20. The van der Waals surface area contributed by atoms with Gasteiger partial charge in [-0.15, -0.1) is 0 Å². The zero-order chi connectivity index (χ0) is 13.0. The lowest BCUT2D eigenvalue weighted by molar-refractivity contribution is -0.266. The Labute approximate surface area is 101 Å². The summed E-state index contributed by atoms with van der Waals surface area (Å²) in [5.74, 6) is 0.499. The first kappa shape index (κ1) is 14.8. The quantitative estimate of drug-likeness (QED) is 0.488. The zero-order valence-corrected chi connectivity index (χ0v) is 10.3. The van der Waals surface area contributed by atoms with Crippen LogP contribution in [0.5, 0.6) is 0 Å². The minimum Gasteiger partial charge on any atom is -0.394 e. The van der Waals surface area contributed by atoms with Crippen LogP contribution in [0, 0.1) is 5.92 Å². The molecule has 0 spiro atoms. The van der Waals surface area contributed by atoms with Gasteiger partial charge in [0, 0.05) is 0 Å². The molecule has 0 aromatic carbocycles. The molecule has 17 heavy (non-hydrogen) atoms. The van der Waals surface area contributed by atoms with Crippen LogP contribution >= 0.6 is 0 Å². The van der Waals surface area contributed by atoms with Gasteiger partial charge >= 0.3 is 0 Å². The highest BCUT2D eigenvalue weighted by atomic mass is 16.7. The van der Waals surface area contributed by atoms with Gasteiger partial charge in [0.25, 0.3) is 0 Å². The van der Waals surface area contributed by atoms with Crippen LogP contribution in [-0.2, 0) is 9.47 Å². The second-order valence-corrected chi connectivity index (χ2v) is 4.84. The van der Waals surface area contributed by atoms with Crippen LogP contribution in [-0.4, -0.2) is 59.2 Å². The van der Waals surface area contributed by atoms with Crippen molar-refractivity contribution in [1.29, 1.82) is 0 Å². The fourth-order valence-corrected chi connectivity index (χ4v) is 1.67. The van der Waals surface area contributed by atoms with Crippen LogP contribution in [0.2, 0.25) is 0 Å². The van der Waals surface area contributed by atoms with E-state index in [1.807, 2.05) is 0 Å². The minimum atomic E-state index is -1.18. The van der Waals surface area contributed by atoms with E-state index >= 15 is 0 Å². The summed E-state index contributed by atoms with van der Waals surface area (Å²) in [6, 6.07) is -0.806. The van der Waals surface area contributed by atoms with Gasteiger partial charge in [-0.1, -0.05) is 13.8 Å². The fourth-order valence-electron chi connectivity index (χ4n) is 1.67. The Morgan fingerprint density at radius 1 is 1.29 bits per heavy atom. The summed E-state index contributed by atoms with van der Waals surface area (Å²) >= 11 is 0. The van der Waals surface area contributed by atoms with E-state index in [-0.39, 0.29) is 6.61 Å². The summed E-state index contributed by atoms with van der Waals surface area (Å²) in [5, 5.41) is 28.3. The third-order valence-corrected chi connectivity index (χ3v) is 2.91. The molecular formula is C11H23NO5. The number of hydrogen-bond donors (Lipinski definition) is 4. The molecule has 1 fully saturated rings. The van der Waals surface area contributed by atoms with Crippen molar-refractivity contribution in [1.82, 2.24) is 0 Å². The predicted molar refractivity (Wildman–Crippen MR) is 61.1 cm³/mol. The summed E-state index contributed by atoms with van der Waals surface area (Å²) in [4.78, 5) is 0. The molecule has 1 heterocycles. The molecule has 1 rings (SSSR count). The topological polar surface area (TPSA) is 105 Å². The van der Waals surface area contributed by atoms with Gasteiger partial charge in [0.15, 0.2) is 6.29 Å². The SMILES string of the molecule is CC(C)CCOC1OC(CO)C(O)C(O)C1N. The van der Waals surface area contributed by atoms with Gasteiger partial charge in [-0.25, -0.2) is 0 Å². The molecule has 0 radical (unpaired) electrons. The average molecular weight is 249 g/mol. The second kappa shape index (κ2) is 6.63. The monoisotopic (exact) mass is 249 g/mol. The van der Waals surface area contributed by atoms with Gasteiger partial charge in [-0.3, -0.25) is 0 Å². The van der Waals surface area contributed by atoms with Crippen LogP contribution < -0.4 is 5.73 Å². The molecule has 5 N–H and O–H groups in total. The Morgan fingerprint density at radius 2 is 1.94 bits per heavy atom. The van der Waals surface area contributed by atoms with Crippen molar-refractivity contribution in [2.24, 2.45) is 11.7 Å². The van der Waals surface area contributed by atoms with E-state index in [9.17, 15) is 10.2 Å². The Hall–Kier alpha value is -0.240. The maximum absolute atomic E-state index is 9.68. The summed E-state index contributed by atoms with van der Waals surface area (Å²) in [7, 11) is 0. The van der Waals surface area contributed by atoms with Crippen molar-refractivity contribution >= 4 is 0 Å². The van der Waals surface area contributed by atoms with Crippen LogP contribution in [0.15, 0.2) is 0 Å². The molecule has 0 aromatic rings. The largest absolute Gasteiger partial charge is 0.394 e. The highest BCUT2D eigenvalue weighted by molar-refractivity contribution is 4.91. The number of nitrogens with two attached hydrogens (primary N) is 1. The van der Waals surface area contributed by atoms with Gasteiger partial charge in [-0.05, 0) is 12.3 Å². The standard InChI is InChI=1S/C11H23NO5/c1-6(2)3-4-16-11-8(12)10(15)9(14)7(5-13)17-11/h6-11,13-15H,3-5,12H2,1-2H3. The second-order valence-electron chi connectivity index (χ2n) is 4.84. The number of rotatable bonds is 5. The Kier molecular flexibility index (Phi) is 5.78. The van der Waals surface area contributed by atoms with E-state index in [4.69, 9.17) is 20.3 Å². The Bertz CT molecular complexity index is 224. The van der Waals surface area contributed by atoms with E-state index in [2.05, 4.69) is 13.8 Å². The predicted octanol–water partition coefficient (Wildman–Crippen LogP) is -1.18. The third kappa shape index (κ3) is 3.87. The lowest BCUT2D eigenvalue weighted by Gasteiger charge is -2.40. The van der Waals surface area contributed by atoms with E-state index in [1.165, 1.54) is 0 Å². The first-order valence-electron chi connectivity index (χ1n) is 5.97. The number of aliphatic hydroxyl groups excluding tert-OH is 3. The maximum Gasteiger partial charge on any atom is 0.175 e. The summed E-state index contributed by atoms with van der Waals surface area (Å²) < 4.78 is 10.7. The molecule has 1 saturated heterocycles.